The van der Waals surface area contributed by atoms with Crippen molar-refractivity contribution < 1.29 is 9.53 Å². The maximum atomic E-state index is 12.8. The molecule has 0 unspecified atom stereocenters. The van der Waals surface area contributed by atoms with Crippen molar-refractivity contribution in [2.45, 2.75) is 13.8 Å². The van der Waals surface area contributed by atoms with Crippen LogP contribution in [0.3, 0.4) is 0 Å². The van der Waals surface area contributed by atoms with E-state index in [1.165, 1.54) is 16.8 Å². The van der Waals surface area contributed by atoms with Gasteiger partial charge in [0.2, 0.25) is 5.17 Å². The number of aromatic nitrogens is 1. The number of nitrogens with one attached hydrogen (secondary N) is 1. The number of carbonyl (C=O) groups is 1. The molecule has 0 atom stereocenters. The van der Waals surface area contributed by atoms with Crippen LogP contribution in [0.4, 0.5) is 0 Å². The van der Waals surface area contributed by atoms with E-state index in [4.69, 9.17) is 21.7 Å². The highest BCUT2D eigenvalue weighted by Crippen LogP contribution is 2.31. The van der Waals surface area contributed by atoms with Gasteiger partial charge in [0.05, 0.1) is 16.3 Å². The van der Waals surface area contributed by atoms with E-state index in [-0.39, 0.29) is 18.0 Å². The summed E-state index contributed by atoms with van der Waals surface area (Å²) < 4.78 is 7.78. The molecule has 1 amide bonds. The molecule has 9 heteroatoms. The maximum Gasteiger partial charge on any atom is 0.283 e. The molecule has 1 aromatic heterocycles. The molecule has 2 aliphatic rings. The molecule has 0 bridgehead atoms. The standard InChI is InChI=1S/C25H20ClN5O2S/c1-15-12-17(16(2)30(15)21-11-7-6-10-20(21)26)13-19-23(27)31-25(28-24(19)32)34-22(29-31)14-33-18-8-4-3-5-9-18/h3-13,27H,14H2,1-2H3/b19-13+,27-23?. The molecule has 2 aliphatic heterocycles. The largest absolute Gasteiger partial charge is 0.487 e. The third kappa shape index (κ3) is 4.06. The van der Waals surface area contributed by atoms with Crippen molar-refractivity contribution in [3.63, 3.8) is 0 Å². The van der Waals surface area contributed by atoms with Crippen molar-refractivity contribution in [2.24, 2.45) is 10.1 Å². The second-order valence-electron chi connectivity index (χ2n) is 7.73. The highest BCUT2D eigenvalue weighted by Gasteiger charge is 2.36. The van der Waals surface area contributed by atoms with Gasteiger partial charge in [0.25, 0.3) is 5.91 Å². The number of aryl methyl sites for hydroxylation is 1. The molecule has 0 aliphatic carbocycles. The molecule has 3 heterocycles. The number of aliphatic imine (C=N–C) groups is 1. The summed E-state index contributed by atoms with van der Waals surface area (Å²) in [5, 5.41) is 16.1. The van der Waals surface area contributed by atoms with Crippen molar-refractivity contribution in [1.82, 2.24) is 9.58 Å². The molecular weight excluding hydrogens is 470 g/mol. The van der Waals surface area contributed by atoms with Gasteiger partial charge in [-0.05, 0) is 67.6 Å². The zero-order valence-electron chi connectivity index (χ0n) is 18.4. The fourth-order valence-corrected chi connectivity index (χ4v) is 4.86. The number of amides is 1. The van der Waals surface area contributed by atoms with Crippen molar-refractivity contribution in [3.05, 3.63) is 88.2 Å². The maximum absolute atomic E-state index is 12.8. The first-order valence-electron chi connectivity index (χ1n) is 10.5. The number of ether oxygens (including phenoxy) is 1. The number of hydrogen-bond acceptors (Lipinski definition) is 5. The predicted molar refractivity (Wildman–Crippen MR) is 137 cm³/mol. The minimum Gasteiger partial charge on any atom is -0.487 e. The van der Waals surface area contributed by atoms with Gasteiger partial charge in [0, 0.05) is 11.4 Å². The quantitative estimate of drug-likeness (QED) is 0.483. The summed E-state index contributed by atoms with van der Waals surface area (Å²) >= 11 is 7.64. The number of hydrazone groups is 1. The van der Waals surface area contributed by atoms with Crippen LogP contribution in [0.1, 0.15) is 17.0 Å². The van der Waals surface area contributed by atoms with Crippen LogP contribution in [0.5, 0.6) is 5.75 Å². The van der Waals surface area contributed by atoms with Crippen LogP contribution < -0.4 is 4.74 Å². The number of thioether (sulfide) groups is 1. The van der Waals surface area contributed by atoms with Crippen LogP contribution in [0, 0.1) is 19.3 Å². The summed E-state index contributed by atoms with van der Waals surface area (Å²) in [5.41, 5.74) is 3.72. The van der Waals surface area contributed by atoms with E-state index < -0.39 is 5.91 Å². The molecule has 0 fully saturated rings. The second kappa shape index (κ2) is 8.96. The van der Waals surface area contributed by atoms with Gasteiger partial charge in [-0.15, -0.1) is 0 Å². The van der Waals surface area contributed by atoms with Crippen LogP contribution in [-0.2, 0) is 4.79 Å². The predicted octanol–water partition coefficient (Wildman–Crippen LogP) is 5.45. The van der Waals surface area contributed by atoms with Crippen LogP contribution in [0.15, 0.2) is 76.3 Å². The number of hydrogen-bond donors (Lipinski definition) is 1. The average molecular weight is 490 g/mol. The summed E-state index contributed by atoms with van der Waals surface area (Å²) in [4.78, 5) is 17.0. The van der Waals surface area contributed by atoms with Gasteiger partial charge in [-0.25, -0.2) is 0 Å². The Kier molecular flexibility index (Phi) is 5.85. The van der Waals surface area contributed by atoms with E-state index in [0.717, 1.165) is 28.4 Å². The van der Waals surface area contributed by atoms with Gasteiger partial charge in [0.1, 0.15) is 17.4 Å². The van der Waals surface area contributed by atoms with E-state index in [0.29, 0.717) is 15.2 Å². The Morgan fingerprint density at radius 3 is 2.62 bits per heavy atom. The van der Waals surface area contributed by atoms with Crippen LogP contribution >= 0.6 is 23.4 Å². The van der Waals surface area contributed by atoms with Crippen LogP contribution in [0.2, 0.25) is 5.02 Å². The Balaban J connectivity index is 1.42. The zero-order valence-corrected chi connectivity index (χ0v) is 20.0. The summed E-state index contributed by atoms with van der Waals surface area (Å²) in [6.07, 6.45) is 1.69. The Morgan fingerprint density at radius 1 is 1.12 bits per heavy atom. The highest BCUT2D eigenvalue weighted by molar-refractivity contribution is 8.27. The molecule has 0 saturated carbocycles. The summed E-state index contributed by atoms with van der Waals surface area (Å²) in [6, 6.07) is 19.0. The minimum absolute atomic E-state index is 0.0141. The van der Waals surface area contributed by atoms with Crippen molar-refractivity contribution in [3.8, 4) is 11.4 Å². The molecule has 2 aromatic carbocycles. The molecule has 7 nitrogen and oxygen atoms in total. The first kappa shape index (κ1) is 22.2. The lowest BCUT2D eigenvalue weighted by Gasteiger charge is -2.20. The molecule has 5 rings (SSSR count). The number of nitrogens with zero attached hydrogens (tertiary/aromatic N) is 4. The Hall–Kier alpha value is -3.62. The summed E-state index contributed by atoms with van der Waals surface area (Å²) in [5.74, 6) is 0.240. The second-order valence-corrected chi connectivity index (χ2v) is 9.18. The van der Waals surface area contributed by atoms with E-state index in [1.54, 1.807) is 6.08 Å². The number of amidine groups is 2. The number of carbonyl (C=O) groups excluding carboxylic acids is 1. The van der Waals surface area contributed by atoms with E-state index in [9.17, 15) is 4.79 Å². The molecule has 3 aromatic rings. The lowest BCUT2D eigenvalue weighted by atomic mass is 10.1. The SMILES string of the molecule is Cc1cc(/C=C2\C(=N)N3N=C(COc4ccccc4)SC3=NC2=O)c(C)n1-c1ccccc1Cl. The van der Waals surface area contributed by atoms with Gasteiger partial charge in [0.15, 0.2) is 5.84 Å². The number of rotatable bonds is 5. The number of para-hydroxylation sites is 2. The monoisotopic (exact) mass is 489 g/mol. The topological polar surface area (TPSA) is 83.0 Å². The number of fused-ring (bicyclic) bond motifs is 1. The van der Waals surface area contributed by atoms with E-state index >= 15 is 0 Å². The molecular formula is C25H20ClN5O2S. The fourth-order valence-electron chi connectivity index (χ4n) is 3.84. The summed E-state index contributed by atoms with van der Waals surface area (Å²) in [7, 11) is 0. The van der Waals surface area contributed by atoms with Gasteiger partial charge in [-0.2, -0.15) is 15.1 Å². The van der Waals surface area contributed by atoms with Gasteiger partial charge in [-0.3, -0.25) is 10.2 Å². The van der Waals surface area contributed by atoms with Gasteiger partial charge < -0.3 is 9.30 Å². The fraction of sp³-hybridized carbons (Fsp3) is 0.120. The minimum atomic E-state index is -0.466. The third-order valence-electron chi connectivity index (χ3n) is 5.47. The molecule has 34 heavy (non-hydrogen) atoms. The number of halogens is 1. The van der Waals surface area contributed by atoms with Gasteiger partial charge >= 0.3 is 0 Å². The Bertz CT molecular complexity index is 1410. The van der Waals surface area contributed by atoms with E-state index in [1.807, 2.05) is 79.1 Å². The van der Waals surface area contributed by atoms with Gasteiger partial charge in [-0.1, -0.05) is 41.9 Å². The first-order chi connectivity index (χ1) is 16.4. The third-order valence-corrected chi connectivity index (χ3v) is 6.67. The lowest BCUT2D eigenvalue weighted by Crippen LogP contribution is -2.35. The molecule has 1 N–H and O–H groups in total. The smallest absolute Gasteiger partial charge is 0.283 e. The molecule has 0 saturated heterocycles. The van der Waals surface area contributed by atoms with Crippen LogP contribution in [0.25, 0.3) is 11.8 Å². The lowest BCUT2D eigenvalue weighted by molar-refractivity contribution is -0.114. The average Bonchev–Trinajstić information content (AvgIpc) is 3.36. The van der Waals surface area contributed by atoms with Crippen LogP contribution in [-0.4, -0.2) is 38.1 Å². The molecule has 0 radical (unpaired) electrons. The summed E-state index contributed by atoms with van der Waals surface area (Å²) in [6.45, 7) is 4.16. The Labute approximate surface area is 205 Å². The highest BCUT2D eigenvalue weighted by atomic mass is 35.5. The van der Waals surface area contributed by atoms with Crippen molar-refractivity contribution in [2.75, 3.05) is 6.61 Å². The number of benzene rings is 2. The first-order valence-corrected chi connectivity index (χ1v) is 11.7. The van der Waals surface area contributed by atoms with Crippen molar-refractivity contribution in [1.29, 1.82) is 5.41 Å². The molecule has 170 valence electrons. The Morgan fingerprint density at radius 2 is 1.85 bits per heavy atom. The zero-order chi connectivity index (χ0) is 23.8. The normalized spacial score (nSPS) is 16.6. The van der Waals surface area contributed by atoms with Crippen molar-refractivity contribution >= 4 is 51.4 Å². The molecule has 0 spiro atoms. The van der Waals surface area contributed by atoms with E-state index in [2.05, 4.69) is 10.1 Å².